The first kappa shape index (κ1) is 18.6. The lowest BCUT2D eigenvalue weighted by Gasteiger charge is -2.09. The molecule has 3 aromatic rings. The third-order valence-corrected chi connectivity index (χ3v) is 4.18. The number of fused-ring (bicyclic) bond motifs is 1. The molecule has 4 nitrogen and oxygen atoms in total. The lowest BCUT2D eigenvalue weighted by molar-refractivity contribution is -0.142. The molecule has 3 rings (SSSR count). The number of aryl methyl sites for hydroxylation is 1. The van der Waals surface area contributed by atoms with Crippen LogP contribution in [0.3, 0.4) is 0 Å². The third kappa shape index (κ3) is 5.17. The summed E-state index contributed by atoms with van der Waals surface area (Å²) in [5, 5.41) is 1.12. The van der Waals surface area contributed by atoms with E-state index in [1.807, 2.05) is 48.6 Å². The van der Waals surface area contributed by atoms with Crippen LogP contribution in [0.25, 0.3) is 23.1 Å². The van der Waals surface area contributed by atoms with Crippen molar-refractivity contribution >= 4 is 29.0 Å². The molecule has 0 aliphatic rings. The second kappa shape index (κ2) is 8.99. The number of aromatic nitrogens is 1. The second-order valence-electron chi connectivity index (χ2n) is 6.29. The van der Waals surface area contributed by atoms with E-state index in [0.717, 1.165) is 35.0 Å². The topological polar surface area (TPSA) is 48.4 Å². The van der Waals surface area contributed by atoms with Gasteiger partial charge in [0.15, 0.2) is 6.61 Å². The summed E-state index contributed by atoms with van der Waals surface area (Å²) in [6.07, 6.45) is 5.99. The van der Waals surface area contributed by atoms with Crippen molar-refractivity contribution in [3.63, 3.8) is 0 Å². The van der Waals surface area contributed by atoms with Crippen molar-refractivity contribution in [3.8, 4) is 5.75 Å². The van der Waals surface area contributed by atoms with Gasteiger partial charge in [-0.25, -0.2) is 9.78 Å². The number of benzene rings is 2. The quantitative estimate of drug-likeness (QED) is 0.561. The van der Waals surface area contributed by atoms with Crippen molar-refractivity contribution in [2.75, 3.05) is 13.7 Å². The average molecular weight is 361 g/mol. The van der Waals surface area contributed by atoms with E-state index in [9.17, 15) is 4.79 Å². The molecule has 1 heterocycles. The van der Waals surface area contributed by atoms with Crippen LogP contribution in [-0.4, -0.2) is 24.7 Å². The van der Waals surface area contributed by atoms with E-state index >= 15 is 0 Å². The van der Waals surface area contributed by atoms with Crippen molar-refractivity contribution in [1.29, 1.82) is 0 Å². The van der Waals surface area contributed by atoms with Crippen LogP contribution in [0.4, 0.5) is 0 Å². The Labute approximate surface area is 159 Å². The molecule has 2 aromatic carbocycles. The summed E-state index contributed by atoms with van der Waals surface area (Å²) in [6.45, 7) is 2.04. The molecule has 0 saturated carbocycles. The minimum absolute atomic E-state index is 0.0958. The van der Waals surface area contributed by atoms with Gasteiger partial charge in [0.05, 0.1) is 18.3 Å². The Morgan fingerprint density at radius 3 is 2.74 bits per heavy atom. The summed E-state index contributed by atoms with van der Waals surface area (Å²) in [5.41, 5.74) is 4.05. The number of hydrogen-bond acceptors (Lipinski definition) is 4. The van der Waals surface area contributed by atoms with Gasteiger partial charge in [-0.15, -0.1) is 0 Å². The van der Waals surface area contributed by atoms with E-state index in [-0.39, 0.29) is 6.61 Å². The molecule has 0 aliphatic carbocycles. The summed E-state index contributed by atoms with van der Waals surface area (Å²) in [6, 6.07) is 18.1. The van der Waals surface area contributed by atoms with E-state index in [1.54, 1.807) is 0 Å². The molecule has 0 bridgehead atoms. The maximum Gasteiger partial charge on any atom is 0.343 e. The van der Waals surface area contributed by atoms with Gasteiger partial charge in [-0.2, -0.15) is 0 Å². The van der Waals surface area contributed by atoms with Crippen LogP contribution in [0.15, 0.2) is 54.6 Å². The molecular formula is C23H23NO3. The van der Waals surface area contributed by atoms with E-state index < -0.39 is 5.97 Å². The Bertz CT molecular complexity index is 963. The van der Waals surface area contributed by atoms with Gasteiger partial charge in [0.25, 0.3) is 0 Å². The fourth-order valence-electron chi connectivity index (χ4n) is 2.86. The Balaban J connectivity index is 1.83. The summed E-state index contributed by atoms with van der Waals surface area (Å²) in [7, 11) is 1.35. The molecular weight excluding hydrogens is 338 g/mol. The number of pyridine rings is 1. The maximum absolute atomic E-state index is 11.3. The van der Waals surface area contributed by atoms with E-state index in [2.05, 4.69) is 34.8 Å². The zero-order valence-corrected chi connectivity index (χ0v) is 15.6. The molecule has 0 aliphatic heterocycles. The Kier molecular flexibility index (Phi) is 6.21. The van der Waals surface area contributed by atoms with Crippen LogP contribution >= 0.6 is 0 Å². The summed E-state index contributed by atoms with van der Waals surface area (Å²) >= 11 is 0. The number of carbonyl (C=O) groups excluding carboxylic acids is 1. The minimum Gasteiger partial charge on any atom is -0.482 e. The molecule has 0 spiro atoms. The number of hydrogen-bond donors (Lipinski definition) is 0. The molecule has 0 N–H and O–H groups in total. The average Bonchev–Trinajstić information content (AvgIpc) is 2.70. The molecule has 0 fully saturated rings. The highest BCUT2D eigenvalue weighted by molar-refractivity contribution is 5.81. The number of rotatable bonds is 7. The van der Waals surface area contributed by atoms with Crippen molar-refractivity contribution in [2.45, 2.75) is 19.8 Å². The number of methoxy groups -OCH3 is 1. The highest BCUT2D eigenvalue weighted by Crippen LogP contribution is 2.21. The Hall–Kier alpha value is -3.14. The lowest BCUT2D eigenvalue weighted by atomic mass is 10.1. The summed E-state index contributed by atoms with van der Waals surface area (Å²) < 4.78 is 10.2. The molecule has 1 aromatic heterocycles. The van der Waals surface area contributed by atoms with Crippen molar-refractivity contribution in [1.82, 2.24) is 4.98 Å². The largest absolute Gasteiger partial charge is 0.482 e. The standard InChI is InChI=1S/C23H23NO3/c1-3-6-17-13-18(15-21(14-17)27-16-23(25)26-2)9-11-20-12-10-19-7-4-5-8-22(19)24-20/h4-5,7-15H,3,6,16H2,1-2H3. The zero-order valence-electron chi connectivity index (χ0n) is 15.6. The van der Waals surface area contributed by atoms with Crippen molar-refractivity contribution < 1.29 is 14.3 Å². The van der Waals surface area contributed by atoms with Crippen LogP contribution in [0.5, 0.6) is 5.75 Å². The highest BCUT2D eigenvalue weighted by atomic mass is 16.6. The fourth-order valence-corrected chi connectivity index (χ4v) is 2.86. The first-order chi connectivity index (χ1) is 13.2. The maximum atomic E-state index is 11.3. The number of nitrogens with zero attached hydrogens (tertiary/aromatic N) is 1. The first-order valence-corrected chi connectivity index (χ1v) is 9.05. The first-order valence-electron chi connectivity index (χ1n) is 9.05. The molecule has 0 atom stereocenters. The molecule has 0 unspecified atom stereocenters. The van der Waals surface area contributed by atoms with Crippen LogP contribution in [0.2, 0.25) is 0 Å². The number of para-hydroxylation sites is 1. The predicted octanol–water partition coefficient (Wildman–Crippen LogP) is 4.91. The van der Waals surface area contributed by atoms with Crippen LogP contribution in [-0.2, 0) is 16.0 Å². The van der Waals surface area contributed by atoms with E-state index in [4.69, 9.17) is 4.74 Å². The molecule has 0 radical (unpaired) electrons. The SMILES string of the molecule is CCCc1cc(C=Cc2ccc3ccccc3n2)cc(OCC(=O)OC)c1. The molecule has 4 heteroatoms. The normalized spacial score (nSPS) is 11.0. The molecule has 0 saturated heterocycles. The van der Waals surface area contributed by atoms with Gasteiger partial charge in [0, 0.05) is 5.39 Å². The van der Waals surface area contributed by atoms with Gasteiger partial charge in [-0.1, -0.05) is 49.8 Å². The molecule has 27 heavy (non-hydrogen) atoms. The second-order valence-corrected chi connectivity index (χ2v) is 6.29. The third-order valence-electron chi connectivity index (χ3n) is 4.18. The Morgan fingerprint density at radius 2 is 1.93 bits per heavy atom. The van der Waals surface area contributed by atoms with Gasteiger partial charge < -0.3 is 9.47 Å². The number of carbonyl (C=O) groups is 1. The Morgan fingerprint density at radius 1 is 1.07 bits per heavy atom. The summed E-state index contributed by atoms with van der Waals surface area (Å²) in [5.74, 6) is 0.269. The number of esters is 1. The van der Waals surface area contributed by atoms with E-state index in [1.165, 1.54) is 12.7 Å². The smallest absolute Gasteiger partial charge is 0.343 e. The minimum atomic E-state index is -0.395. The van der Waals surface area contributed by atoms with E-state index in [0.29, 0.717) is 5.75 Å². The van der Waals surface area contributed by atoms with Crippen molar-refractivity contribution in [3.05, 3.63) is 71.4 Å². The summed E-state index contributed by atoms with van der Waals surface area (Å²) in [4.78, 5) is 16.0. The van der Waals surface area contributed by atoms with Crippen LogP contribution in [0, 0.1) is 0 Å². The predicted molar refractivity (Wildman–Crippen MR) is 109 cm³/mol. The molecule has 138 valence electrons. The van der Waals surface area contributed by atoms with Crippen molar-refractivity contribution in [2.24, 2.45) is 0 Å². The molecule has 0 amide bonds. The number of ether oxygens (including phenoxy) is 2. The highest BCUT2D eigenvalue weighted by Gasteiger charge is 2.05. The van der Waals surface area contributed by atoms with Crippen LogP contribution in [0.1, 0.15) is 30.2 Å². The van der Waals surface area contributed by atoms with Gasteiger partial charge in [0.1, 0.15) is 5.75 Å². The zero-order chi connectivity index (χ0) is 19.1. The van der Waals surface area contributed by atoms with Gasteiger partial charge in [0.2, 0.25) is 0 Å². The van der Waals surface area contributed by atoms with Gasteiger partial charge >= 0.3 is 5.97 Å². The lowest BCUT2D eigenvalue weighted by Crippen LogP contribution is -2.12. The fraction of sp³-hybridized carbons (Fsp3) is 0.217. The van der Waals surface area contributed by atoms with Gasteiger partial charge in [-0.05, 0) is 47.9 Å². The van der Waals surface area contributed by atoms with Crippen LogP contribution < -0.4 is 4.74 Å². The van der Waals surface area contributed by atoms with Gasteiger partial charge in [-0.3, -0.25) is 0 Å². The monoisotopic (exact) mass is 361 g/mol.